The van der Waals surface area contributed by atoms with Crippen LogP contribution >= 0.6 is 34.5 Å². The Morgan fingerprint density at radius 3 is 2.48 bits per heavy atom. The molecule has 29 heavy (non-hydrogen) atoms. The molecule has 0 aliphatic rings. The summed E-state index contributed by atoms with van der Waals surface area (Å²) in [6.45, 7) is 0.271. The third-order valence-corrected chi connectivity index (χ3v) is 6.61. The van der Waals surface area contributed by atoms with E-state index in [9.17, 15) is 4.79 Å². The van der Waals surface area contributed by atoms with Crippen LogP contribution in [0.25, 0.3) is 32.1 Å². The van der Waals surface area contributed by atoms with Crippen LogP contribution in [0, 0.1) is 0 Å². The van der Waals surface area contributed by atoms with Gasteiger partial charge in [-0.25, -0.2) is 4.98 Å². The molecule has 5 rings (SSSR count). The molecular formula is C23H14Cl2N2OS. The van der Waals surface area contributed by atoms with Crippen LogP contribution in [0.3, 0.4) is 0 Å². The standard InChI is InChI=1S/C23H14Cl2N2OS/c24-19-6-3-7-20(25)17(19)11-27-13-26-22-21(23(27)28)18(12-29-22)16-9-8-14-4-1-2-5-15(14)10-16/h1-10,12-13H,11H2. The normalized spacial score (nSPS) is 11.4. The molecule has 3 nitrogen and oxygen atoms in total. The Labute approximate surface area is 180 Å². The SMILES string of the molecule is O=c1c2c(-c3ccc4ccccc4c3)csc2ncn1Cc1c(Cl)cccc1Cl. The van der Waals surface area contributed by atoms with E-state index >= 15 is 0 Å². The van der Waals surface area contributed by atoms with Crippen molar-refractivity contribution >= 4 is 55.5 Å². The van der Waals surface area contributed by atoms with Crippen molar-refractivity contribution in [1.82, 2.24) is 9.55 Å². The van der Waals surface area contributed by atoms with Gasteiger partial charge in [0.25, 0.3) is 5.56 Å². The van der Waals surface area contributed by atoms with Crippen molar-refractivity contribution < 1.29 is 0 Å². The molecular weight excluding hydrogens is 423 g/mol. The summed E-state index contributed by atoms with van der Waals surface area (Å²) in [5.74, 6) is 0. The lowest BCUT2D eigenvalue weighted by Gasteiger charge is -2.10. The molecule has 0 aliphatic heterocycles. The molecule has 0 aliphatic carbocycles. The Kier molecular flexibility index (Phi) is 4.63. The average molecular weight is 437 g/mol. The second kappa shape index (κ2) is 7.30. The number of hydrogen-bond donors (Lipinski definition) is 0. The van der Waals surface area contributed by atoms with Gasteiger partial charge in [0.1, 0.15) is 4.83 Å². The number of halogens is 2. The first-order valence-electron chi connectivity index (χ1n) is 9.00. The minimum atomic E-state index is -0.101. The van der Waals surface area contributed by atoms with Crippen LogP contribution in [0.1, 0.15) is 5.56 Å². The van der Waals surface area contributed by atoms with Crippen LogP contribution < -0.4 is 5.56 Å². The molecule has 0 fully saturated rings. The lowest BCUT2D eigenvalue weighted by atomic mass is 10.0. The Balaban J connectivity index is 1.66. The molecule has 0 bridgehead atoms. The molecule has 5 aromatic rings. The molecule has 6 heteroatoms. The molecule has 0 N–H and O–H groups in total. The lowest BCUT2D eigenvalue weighted by Crippen LogP contribution is -2.21. The van der Waals surface area contributed by atoms with Gasteiger partial charge in [0.2, 0.25) is 0 Å². The van der Waals surface area contributed by atoms with Gasteiger partial charge in [-0.05, 0) is 34.5 Å². The molecule has 2 aromatic heterocycles. The van der Waals surface area contributed by atoms with Gasteiger partial charge in [-0.3, -0.25) is 9.36 Å². The van der Waals surface area contributed by atoms with Gasteiger partial charge in [-0.2, -0.15) is 0 Å². The monoisotopic (exact) mass is 436 g/mol. The minimum absolute atomic E-state index is 0.101. The number of thiophene rings is 1. The second-order valence-electron chi connectivity index (χ2n) is 6.77. The number of aromatic nitrogens is 2. The van der Waals surface area contributed by atoms with Gasteiger partial charge in [0.05, 0.1) is 18.3 Å². The van der Waals surface area contributed by atoms with Gasteiger partial charge < -0.3 is 0 Å². The summed E-state index contributed by atoms with van der Waals surface area (Å²) in [5, 5.41) is 5.98. The molecule has 0 atom stereocenters. The van der Waals surface area contributed by atoms with Crippen molar-refractivity contribution in [2.75, 3.05) is 0 Å². The maximum atomic E-state index is 13.3. The van der Waals surface area contributed by atoms with Crippen LogP contribution in [0.5, 0.6) is 0 Å². The zero-order valence-corrected chi connectivity index (χ0v) is 17.4. The summed E-state index contributed by atoms with van der Waals surface area (Å²) in [7, 11) is 0. The first kappa shape index (κ1) is 18.4. The van der Waals surface area contributed by atoms with Crippen molar-refractivity contribution in [3.8, 4) is 11.1 Å². The highest BCUT2D eigenvalue weighted by molar-refractivity contribution is 7.17. The van der Waals surface area contributed by atoms with Crippen LogP contribution in [0.2, 0.25) is 10.0 Å². The van der Waals surface area contributed by atoms with Crippen molar-refractivity contribution in [2.45, 2.75) is 6.54 Å². The molecule has 0 radical (unpaired) electrons. The minimum Gasteiger partial charge on any atom is -0.294 e. The van der Waals surface area contributed by atoms with Gasteiger partial charge in [0, 0.05) is 26.6 Å². The van der Waals surface area contributed by atoms with Crippen molar-refractivity contribution in [2.24, 2.45) is 0 Å². The number of fused-ring (bicyclic) bond motifs is 2. The van der Waals surface area contributed by atoms with Crippen LogP contribution in [0.15, 0.2) is 77.2 Å². The van der Waals surface area contributed by atoms with Crippen LogP contribution in [0.4, 0.5) is 0 Å². The van der Waals surface area contributed by atoms with E-state index < -0.39 is 0 Å². The molecule has 0 saturated heterocycles. The fourth-order valence-electron chi connectivity index (χ4n) is 3.50. The predicted molar refractivity (Wildman–Crippen MR) is 122 cm³/mol. The molecule has 3 aromatic carbocycles. The second-order valence-corrected chi connectivity index (χ2v) is 8.44. The highest BCUT2D eigenvalue weighted by Crippen LogP contribution is 2.33. The van der Waals surface area contributed by atoms with Gasteiger partial charge >= 0.3 is 0 Å². The van der Waals surface area contributed by atoms with E-state index in [-0.39, 0.29) is 12.1 Å². The molecule has 0 saturated carbocycles. The number of benzene rings is 3. The maximum Gasteiger partial charge on any atom is 0.263 e. The van der Waals surface area contributed by atoms with Gasteiger partial charge in [0.15, 0.2) is 0 Å². The first-order chi connectivity index (χ1) is 14.1. The van der Waals surface area contributed by atoms with E-state index in [1.165, 1.54) is 16.7 Å². The average Bonchev–Trinajstić information content (AvgIpc) is 3.17. The van der Waals surface area contributed by atoms with E-state index in [0.29, 0.717) is 21.0 Å². The summed E-state index contributed by atoms with van der Waals surface area (Å²) >= 11 is 14.1. The van der Waals surface area contributed by atoms with Crippen molar-refractivity contribution in [1.29, 1.82) is 0 Å². The Hall–Kier alpha value is -2.66. The highest BCUT2D eigenvalue weighted by atomic mass is 35.5. The van der Waals surface area contributed by atoms with Crippen molar-refractivity contribution in [3.63, 3.8) is 0 Å². The molecule has 0 amide bonds. The largest absolute Gasteiger partial charge is 0.294 e. The van der Waals surface area contributed by atoms with Crippen molar-refractivity contribution in [3.05, 3.63) is 98.3 Å². The van der Waals surface area contributed by atoms with E-state index in [0.717, 1.165) is 21.3 Å². The predicted octanol–water partition coefficient (Wildman–Crippen LogP) is 6.63. The Morgan fingerprint density at radius 1 is 0.931 bits per heavy atom. The van der Waals surface area contributed by atoms with Crippen LogP contribution in [-0.4, -0.2) is 9.55 Å². The number of nitrogens with zero attached hydrogens (tertiary/aromatic N) is 2. The zero-order chi connectivity index (χ0) is 20.0. The molecule has 0 unspecified atom stereocenters. The third-order valence-electron chi connectivity index (χ3n) is 5.01. The lowest BCUT2D eigenvalue weighted by molar-refractivity contribution is 0.750. The quantitative estimate of drug-likeness (QED) is 0.317. The highest BCUT2D eigenvalue weighted by Gasteiger charge is 2.15. The summed E-state index contributed by atoms with van der Waals surface area (Å²) in [6.07, 6.45) is 1.56. The molecule has 2 heterocycles. The van der Waals surface area contributed by atoms with Gasteiger partial charge in [-0.15, -0.1) is 11.3 Å². The Morgan fingerprint density at radius 2 is 1.69 bits per heavy atom. The first-order valence-corrected chi connectivity index (χ1v) is 10.6. The summed E-state index contributed by atoms with van der Waals surface area (Å²) in [5.41, 5.74) is 2.51. The number of hydrogen-bond acceptors (Lipinski definition) is 3. The number of rotatable bonds is 3. The maximum absolute atomic E-state index is 13.3. The topological polar surface area (TPSA) is 34.9 Å². The van der Waals surface area contributed by atoms with Crippen LogP contribution in [-0.2, 0) is 6.54 Å². The molecule has 0 spiro atoms. The van der Waals surface area contributed by atoms with Gasteiger partial charge in [-0.1, -0.05) is 65.7 Å². The Bertz CT molecular complexity index is 1420. The summed E-state index contributed by atoms with van der Waals surface area (Å²) in [4.78, 5) is 18.5. The van der Waals surface area contributed by atoms with E-state index in [4.69, 9.17) is 23.2 Å². The zero-order valence-electron chi connectivity index (χ0n) is 15.1. The smallest absolute Gasteiger partial charge is 0.263 e. The fraction of sp³-hybridized carbons (Fsp3) is 0.0435. The van der Waals surface area contributed by atoms with E-state index in [1.54, 1.807) is 29.1 Å². The van der Waals surface area contributed by atoms with E-state index in [2.05, 4.69) is 29.2 Å². The summed E-state index contributed by atoms with van der Waals surface area (Å²) in [6, 6.07) is 19.7. The van der Waals surface area contributed by atoms with E-state index in [1.807, 2.05) is 23.6 Å². The summed E-state index contributed by atoms with van der Waals surface area (Å²) < 4.78 is 1.56. The molecule has 142 valence electrons. The fourth-order valence-corrected chi connectivity index (χ4v) is 4.93. The third kappa shape index (κ3) is 3.23.